The highest BCUT2D eigenvalue weighted by molar-refractivity contribution is 5.96. The molecule has 0 saturated carbocycles. The summed E-state index contributed by atoms with van der Waals surface area (Å²) in [7, 11) is 1.82. The molecule has 1 saturated heterocycles. The third-order valence-corrected chi connectivity index (χ3v) is 2.92. The van der Waals surface area contributed by atoms with Crippen molar-refractivity contribution in [2.45, 2.75) is 32.2 Å². The fraction of sp³-hybridized carbons (Fsp3) is 0.636. The van der Waals surface area contributed by atoms with Crippen molar-refractivity contribution in [3.8, 4) is 0 Å². The first-order chi connectivity index (χ1) is 7.72. The normalized spacial score (nSPS) is 22.2. The second-order valence-corrected chi connectivity index (χ2v) is 4.05. The number of anilines is 1. The molecule has 5 heteroatoms. The molecule has 1 N–H and O–H groups in total. The molecule has 1 aliphatic heterocycles. The molecule has 0 aromatic carbocycles. The highest BCUT2D eigenvalue weighted by Crippen LogP contribution is 2.19. The van der Waals surface area contributed by atoms with Crippen LogP contribution in [0.1, 0.15) is 25.2 Å². The van der Waals surface area contributed by atoms with Crippen LogP contribution >= 0.6 is 0 Å². The van der Waals surface area contributed by atoms with Crippen molar-refractivity contribution in [3.05, 3.63) is 12.2 Å². The van der Waals surface area contributed by atoms with E-state index in [2.05, 4.69) is 10.3 Å². The summed E-state index contributed by atoms with van der Waals surface area (Å²) in [5, 5.41) is 3.05. The van der Waals surface area contributed by atoms with E-state index >= 15 is 0 Å². The Kier molecular flexibility index (Phi) is 3.24. The highest BCUT2D eigenvalue weighted by Gasteiger charge is 2.28. The van der Waals surface area contributed by atoms with Crippen LogP contribution in [-0.4, -0.2) is 30.5 Å². The van der Waals surface area contributed by atoms with Crippen LogP contribution in [0.4, 0.5) is 5.82 Å². The van der Waals surface area contributed by atoms with Crippen molar-refractivity contribution in [1.82, 2.24) is 10.3 Å². The molecule has 1 unspecified atom stereocenters. The zero-order chi connectivity index (χ0) is 11.5. The van der Waals surface area contributed by atoms with Gasteiger partial charge >= 0.3 is 0 Å². The fourth-order valence-corrected chi connectivity index (χ4v) is 2.01. The number of carbonyl (C=O) groups is 1. The lowest BCUT2D eigenvalue weighted by atomic mass is 10.1. The van der Waals surface area contributed by atoms with Gasteiger partial charge in [-0.15, -0.1) is 0 Å². The van der Waals surface area contributed by atoms with Gasteiger partial charge in [0, 0.05) is 13.5 Å². The summed E-state index contributed by atoms with van der Waals surface area (Å²) >= 11 is 0. The van der Waals surface area contributed by atoms with E-state index in [1.807, 2.05) is 7.05 Å². The molecular weight excluding hydrogens is 206 g/mol. The third-order valence-electron chi connectivity index (χ3n) is 2.92. The summed E-state index contributed by atoms with van der Waals surface area (Å²) in [6.45, 7) is 2.50. The smallest absolute Gasteiger partial charge is 0.245 e. The summed E-state index contributed by atoms with van der Waals surface area (Å²) in [6, 6.07) is -0.0977. The highest BCUT2D eigenvalue weighted by atomic mass is 16.3. The van der Waals surface area contributed by atoms with Crippen LogP contribution in [0, 0.1) is 6.92 Å². The SMILES string of the molecule is CNC1CCCCN(c2coc(C)n2)C1=O. The maximum absolute atomic E-state index is 12.2. The molecule has 1 atom stereocenters. The first kappa shape index (κ1) is 11.1. The maximum Gasteiger partial charge on any atom is 0.245 e. The van der Waals surface area contributed by atoms with Crippen LogP contribution in [0.15, 0.2) is 10.7 Å². The second-order valence-electron chi connectivity index (χ2n) is 4.05. The lowest BCUT2D eigenvalue weighted by Crippen LogP contribution is -2.44. The first-order valence-corrected chi connectivity index (χ1v) is 5.63. The lowest BCUT2D eigenvalue weighted by Gasteiger charge is -2.21. The Morgan fingerprint density at radius 2 is 2.38 bits per heavy atom. The summed E-state index contributed by atoms with van der Waals surface area (Å²) in [4.78, 5) is 18.1. The molecule has 0 bridgehead atoms. The molecule has 1 aromatic heterocycles. The zero-order valence-electron chi connectivity index (χ0n) is 9.69. The Hall–Kier alpha value is -1.36. The van der Waals surface area contributed by atoms with E-state index in [9.17, 15) is 4.79 Å². The Morgan fingerprint density at radius 1 is 1.56 bits per heavy atom. The summed E-state index contributed by atoms with van der Waals surface area (Å²) in [5.41, 5.74) is 0. The predicted octanol–water partition coefficient (Wildman–Crippen LogP) is 1.09. The van der Waals surface area contributed by atoms with E-state index in [0.29, 0.717) is 11.7 Å². The van der Waals surface area contributed by atoms with Crippen molar-refractivity contribution in [3.63, 3.8) is 0 Å². The number of aryl methyl sites for hydroxylation is 1. The second kappa shape index (κ2) is 4.65. The number of oxazole rings is 1. The van der Waals surface area contributed by atoms with E-state index in [0.717, 1.165) is 25.8 Å². The van der Waals surface area contributed by atoms with Crippen LogP contribution in [-0.2, 0) is 4.79 Å². The van der Waals surface area contributed by atoms with Gasteiger partial charge in [0.15, 0.2) is 11.7 Å². The van der Waals surface area contributed by atoms with Crippen LogP contribution in [0.25, 0.3) is 0 Å². The van der Waals surface area contributed by atoms with E-state index in [1.54, 1.807) is 18.1 Å². The van der Waals surface area contributed by atoms with Gasteiger partial charge in [0.2, 0.25) is 5.91 Å². The van der Waals surface area contributed by atoms with E-state index < -0.39 is 0 Å². The molecular formula is C11H17N3O2. The molecule has 16 heavy (non-hydrogen) atoms. The Bertz CT molecular complexity index is 375. The zero-order valence-corrected chi connectivity index (χ0v) is 9.69. The average Bonchev–Trinajstić information content (AvgIpc) is 2.60. The van der Waals surface area contributed by atoms with Crippen molar-refractivity contribution in [2.75, 3.05) is 18.5 Å². The third kappa shape index (κ3) is 2.09. The Labute approximate surface area is 94.8 Å². The first-order valence-electron chi connectivity index (χ1n) is 5.63. The Balaban J connectivity index is 2.21. The number of hydrogen-bond donors (Lipinski definition) is 1. The van der Waals surface area contributed by atoms with E-state index in [-0.39, 0.29) is 11.9 Å². The summed E-state index contributed by atoms with van der Waals surface area (Å²) < 4.78 is 5.15. The maximum atomic E-state index is 12.2. The molecule has 2 heterocycles. The van der Waals surface area contributed by atoms with Crippen LogP contribution in [0.3, 0.4) is 0 Å². The van der Waals surface area contributed by atoms with Crippen LogP contribution < -0.4 is 10.2 Å². The molecule has 0 aliphatic carbocycles. The molecule has 0 radical (unpaired) electrons. The van der Waals surface area contributed by atoms with Gasteiger partial charge in [-0.05, 0) is 26.3 Å². The number of hydrogen-bond acceptors (Lipinski definition) is 4. The van der Waals surface area contributed by atoms with E-state index in [4.69, 9.17) is 4.42 Å². The Morgan fingerprint density at radius 3 is 3.00 bits per heavy atom. The predicted molar refractivity (Wildman–Crippen MR) is 60.3 cm³/mol. The van der Waals surface area contributed by atoms with Gasteiger partial charge in [-0.3, -0.25) is 9.69 Å². The number of carbonyl (C=O) groups excluding carboxylic acids is 1. The van der Waals surface area contributed by atoms with Crippen molar-refractivity contribution in [1.29, 1.82) is 0 Å². The minimum Gasteiger partial charge on any atom is -0.447 e. The number of amides is 1. The quantitative estimate of drug-likeness (QED) is 0.815. The minimum absolute atomic E-state index is 0.0910. The molecule has 88 valence electrons. The fourth-order valence-electron chi connectivity index (χ4n) is 2.01. The lowest BCUT2D eigenvalue weighted by molar-refractivity contribution is -0.120. The monoisotopic (exact) mass is 223 g/mol. The van der Waals surface area contributed by atoms with Gasteiger partial charge < -0.3 is 9.73 Å². The van der Waals surface area contributed by atoms with Gasteiger partial charge in [0.05, 0.1) is 6.04 Å². The number of likely N-dealkylation sites (N-methyl/N-ethyl adjacent to an activating group) is 1. The van der Waals surface area contributed by atoms with Gasteiger partial charge in [0.1, 0.15) is 6.26 Å². The standard InChI is InChI=1S/C11H17N3O2/c1-8-13-10(7-16-8)14-6-4-3-5-9(12-2)11(14)15/h7,9,12H,3-6H2,1-2H3. The average molecular weight is 223 g/mol. The number of aromatic nitrogens is 1. The van der Waals surface area contributed by atoms with Crippen LogP contribution in [0.5, 0.6) is 0 Å². The number of nitrogens with zero attached hydrogens (tertiary/aromatic N) is 2. The number of rotatable bonds is 2. The summed E-state index contributed by atoms with van der Waals surface area (Å²) in [5.74, 6) is 1.31. The minimum atomic E-state index is -0.0977. The molecule has 1 aromatic rings. The molecule has 1 amide bonds. The van der Waals surface area contributed by atoms with E-state index in [1.165, 1.54) is 0 Å². The van der Waals surface area contributed by atoms with Crippen molar-refractivity contribution in [2.24, 2.45) is 0 Å². The largest absolute Gasteiger partial charge is 0.447 e. The molecule has 1 fully saturated rings. The molecule has 0 spiro atoms. The van der Waals surface area contributed by atoms with Gasteiger partial charge in [0.25, 0.3) is 0 Å². The van der Waals surface area contributed by atoms with Crippen LogP contribution in [0.2, 0.25) is 0 Å². The molecule has 1 aliphatic rings. The summed E-state index contributed by atoms with van der Waals surface area (Å²) in [6.07, 6.45) is 4.51. The molecule has 2 rings (SSSR count). The number of nitrogens with one attached hydrogen (secondary N) is 1. The van der Waals surface area contributed by atoms with Crippen molar-refractivity contribution < 1.29 is 9.21 Å². The topological polar surface area (TPSA) is 58.4 Å². The van der Waals surface area contributed by atoms with Gasteiger partial charge in [-0.1, -0.05) is 0 Å². The van der Waals surface area contributed by atoms with Gasteiger partial charge in [-0.2, -0.15) is 4.98 Å². The molecule has 5 nitrogen and oxygen atoms in total. The van der Waals surface area contributed by atoms with Crippen molar-refractivity contribution >= 4 is 11.7 Å². The van der Waals surface area contributed by atoms with Gasteiger partial charge in [-0.25, -0.2) is 0 Å².